The van der Waals surface area contributed by atoms with Gasteiger partial charge in [0, 0.05) is 19.5 Å². The van der Waals surface area contributed by atoms with Gasteiger partial charge in [-0.25, -0.2) is 4.39 Å². The summed E-state index contributed by atoms with van der Waals surface area (Å²) >= 11 is 4.73. The first-order chi connectivity index (χ1) is 6.68. The van der Waals surface area contributed by atoms with E-state index in [1.165, 1.54) is 12.1 Å². The molecule has 0 spiro atoms. The normalized spacial score (nSPS) is 10.1. The van der Waals surface area contributed by atoms with Crippen molar-refractivity contribution < 1.29 is 4.39 Å². The van der Waals surface area contributed by atoms with Crippen LogP contribution in [-0.4, -0.2) is 11.5 Å². The van der Waals surface area contributed by atoms with Crippen molar-refractivity contribution in [1.82, 2.24) is 5.32 Å². The maximum Gasteiger partial charge on any atom is 0.123 e. The van der Waals surface area contributed by atoms with E-state index in [1.54, 1.807) is 12.1 Å². The van der Waals surface area contributed by atoms with Crippen LogP contribution in [0.25, 0.3) is 0 Å². The summed E-state index contributed by atoms with van der Waals surface area (Å²) in [6, 6.07) is 6.40. The van der Waals surface area contributed by atoms with Crippen LogP contribution in [0.2, 0.25) is 0 Å². The monoisotopic (exact) mass is 212 g/mol. The van der Waals surface area contributed by atoms with Crippen molar-refractivity contribution >= 4 is 17.2 Å². The molecule has 0 radical (unpaired) electrons. The number of benzene rings is 1. The summed E-state index contributed by atoms with van der Waals surface area (Å²) in [7, 11) is 0. The first-order valence-electron chi connectivity index (χ1n) is 4.42. The van der Waals surface area contributed by atoms with E-state index in [-0.39, 0.29) is 5.82 Å². The number of halogens is 1. The van der Waals surface area contributed by atoms with E-state index in [9.17, 15) is 4.39 Å². The van der Waals surface area contributed by atoms with Gasteiger partial charge in [0.15, 0.2) is 0 Å². The van der Waals surface area contributed by atoms with Gasteiger partial charge in [0.2, 0.25) is 0 Å². The average molecular weight is 212 g/mol. The molecule has 1 rings (SSSR count). The zero-order valence-electron chi connectivity index (χ0n) is 7.79. The van der Waals surface area contributed by atoms with Crippen LogP contribution >= 0.6 is 12.2 Å². The van der Waals surface area contributed by atoms with Crippen molar-refractivity contribution in [3.8, 4) is 0 Å². The van der Waals surface area contributed by atoms with Crippen molar-refractivity contribution in [3.05, 3.63) is 35.6 Å². The lowest BCUT2D eigenvalue weighted by Crippen LogP contribution is -2.20. The Labute approximate surface area is 88.3 Å². The largest absolute Gasteiger partial charge is 0.393 e. The fourth-order valence-electron chi connectivity index (χ4n) is 1.05. The van der Waals surface area contributed by atoms with E-state index in [2.05, 4.69) is 5.32 Å². The lowest BCUT2D eigenvalue weighted by atomic mass is 10.2. The van der Waals surface area contributed by atoms with Gasteiger partial charge in [0.05, 0.1) is 4.99 Å². The highest BCUT2D eigenvalue weighted by molar-refractivity contribution is 7.80. The van der Waals surface area contributed by atoms with Crippen LogP contribution in [0.3, 0.4) is 0 Å². The molecule has 0 heterocycles. The molecule has 3 N–H and O–H groups in total. The maximum absolute atomic E-state index is 12.5. The third-order valence-electron chi connectivity index (χ3n) is 1.79. The van der Waals surface area contributed by atoms with Crippen molar-refractivity contribution in [2.75, 3.05) is 6.54 Å². The second-order valence-corrected chi connectivity index (χ2v) is 3.54. The highest BCUT2D eigenvalue weighted by Gasteiger charge is 1.94. The van der Waals surface area contributed by atoms with Crippen molar-refractivity contribution in [1.29, 1.82) is 0 Å². The maximum atomic E-state index is 12.5. The number of nitrogens with one attached hydrogen (secondary N) is 1. The molecular weight excluding hydrogens is 199 g/mol. The van der Waals surface area contributed by atoms with Gasteiger partial charge in [-0.1, -0.05) is 24.4 Å². The Morgan fingerprint density at radius 1 is 1.36 bits per heavy atom. The topological polar surface area (TPSA) is 38.0 Å². The summed E-state index contributed by atoms with van der Waals surface area (Å²) in [5, 5.41) is 3.16. The average Bonchev–Trinajstić information content (AvgIpc) is 2.15. The predicted molar refractivity (Wildman–Crippen MR) is 59.5 cm³/mol. The quantitative estimate of drug-likeness (QED) is 0.575. The summed E-state index contributed by atoms with van der Waals surface area (Å²) in [6.45, 7) is 1.47. The Morgan fingerprint density at radius 3 is 2.57 bits per heavy atom. The lowest BCUT2D eigenvalue weighted by molar-refractivity contribution is 0.625. The minimum Gasteiger partial charge on any atom is -0.393 e. The third kappa shape index (κ3) is 4.30. The molecule has 14 heavy (non-hydrogen) atoms. The van der Waals surface area contributed by atoms with E-state index in [0.29, 0.717) is 18.0 Å². The molecule has 0 aliphatic heterocycles. The van der Waals surface area contributed by atoms with Crippen LogP contribution in [0.5, 0.6) is 0 Å². The molecule has 0 fully saturated rings. The van der Waals surface area contributed by atoms with Crippen LogP contribution in [0, 0.1) is 5.82 Å². The molecule has 0 unspecified atom stereocenters. The first kappa shape index (κ1) is 11.1. The second kappa shape index (κ2) is 5.67. The summed E-state index contributed by atoms with van der Waals surface area (Å²) in [4.78, 5) is 0.511. The predicted octanol–water partition coefficient (Wildman–Crippen LogP) is 1.59. The fraction of sp³-hybridized carbons (Fsp3) is 0.300. The van der Waals surface area contributed by atoms with E-state index in [0.717, 1.165) is 12.1 Å². The number of rotatable bonds is 5. The van der Waals surface area contributed by atoms with Gasteiger partial charge in [-0.15, -0.1) is 0 Å². The molecule has 0 aliphatic carbocycles. The highest BCUT2D eigenvalue weighted by atomic mass is 32.1. The number of nitrogens with two attached hydrogens (primary N) is 1. The van der Waals surface area contributed by atoms with Gasteiger partial charge >= 0.3 is 0 Å². The van der Waals surface area contributed by atoms with Crippen molar-refractivity contribution in [3.63, 3.8) is 0 Å². The smallest absolute Gasteiger partial charge is 0.123 e. The standard InChI is InChI=1S/C10H13FN2S/c11-9-3-1-8(2-4-9)7-13-6-5-10(12)14/h1-4,13H,5-7H2,(H2,12,14). The zero-order valence-corrected chi connectivity index (χ0v) is 8.61. The molecular formula is C10H13FN2S. The van der Waals surface area contributed by atoms with Crippen LogP contribution < -0.4 is 11.1 Å². The minimum absolute atomic E-state index is 0.211. The Kier molecular flexibility index (Phi) is 4.49. The second-order valence-electron chi connectivity index (χ2n) is 3.02. The molecule has 0 saturated heterocycles. The van der Waals surface area contributed by atoms with E-state index in [4.69, 9.17) is 18.0 Å². The van der Waals surface area contributed by atoms with E-state index in [1.807, 2.05) is 0 Å². The molecule has 2 nitrogen and oxygen atoms in total. The fourth-order valence-corrected chi connectivity index (χ4v) is 1.15. The van der Waals surface area contributed by atoms with Crippen molar-refractivity contribution in [2.24, 2.45) is 5.73 Å². The molecule has 1 aromatic rings. The summed E-state index contributed by atoms with van der Waals surface area (Å²) in [5.74, 6) is -0.211. The molecule has 0 saturated carbocycles. The SMILES string of the molecule is NC(=S)CCNCc1ccc(F)cc1. The van der Waals surface area contributed by atoms with Crippen LogP contribution in [0.4, 0.5) is 4.39 Å². The minimum atomic E-state index is -0.211. The lowest BCUT2D eigenvalue weighted by Gasteiger charge is -2.03. The Hall–Kier alpha value is -1.00. The number of hydrogen-bond acceptors (Lipinski definition) is 2. The molecule has 4 heteroatoms. The summed E-state index contributed by atoms with van der Waals surface area (Å²) < 4.78 is 12.5. The van der Waals surface area contributed by atoms with Gasteiger partial charge in [0.25, 0.3) is 0 Å². The summed E-state index contributed by atoms with van der Waals surface area (Å²) in [6.07, 6.45) is 0.691. The number of thiocarbonyl (C=S) groups is 1. The molecule has 0 aliphatic rings. The molecule has 0 atom stereocenters. The van der Waals surface area contributed by atoms with Gasteiger partial charge in [0.1, 0.15) is 5.82 Å². The first-order valence-corrected chi connectivity index (χ1v) is 4.83. The molecule has 76 valence electrons. The van der Waals surface area contributed by atoms with Gasteiger partial charge in [-0.2, -0.15) is 0 Å². The molecule has 1 aromatic carbocycles. The Morgan fingerprint density at radius 2 is 2.00 bits per heavy atom. The summed E-state index contributed by atoms with van der Waals surface area (Å²) in [5.41, 5.74) is 6.38. The van der Waals surface area contributed by atoms with Gasteiger partial charge in [-0.05, 0) is 17.7 Å². The molecule has 0 bridgehead atoms. The van der Waals surface area contributed by atoms with Gasteiger partial charge in [-0.3, -0.25) is 0 Å². The molecule has 0 aromatic heterocycles. The van der Waals surface area contributed by atoms with E-state index < -0.39 is 0 Å². The van der Waals surface area contributed by atoms with Crippen LogP contribution in [-0.2, 0) is 6.54 Å². The Balaban J connectivity index is 2.25. The van der Waals surface area contributed by atoms with Crippen molar-refractivity contribution in [2.45, 2.75) is 13.0 Å². The van der Waals surface area contributed by atoms with Crippen LogP contribution in [0.1, 0.15) is 12.0 Å². The van der Waals surface area contributed by atoms with Crippen LogP contribution in [0.15, 0.2) is 24.3 Å². The van der Waals surface area contributed by atoms with Gasteiger partial charge < -0.3 is 11.1 Å². The molecule has 0 amide bonds. The van der Waals surface area contributed by atoms with E-state index >= 15 is 0 Å². The zero-order chi connectivity index (χ0) is 10.4. The number of hydrogen-bond donors (Lipinski definition) is 2. The highest BCUT2D eigenvalue weighted by Crippen LogP contribution is 2.01. The third-order valence-corrected chi connectivity index (χ3v) is 1.99. The Bertz CT molecular complexity index is 297.